The first kappa shape index (κ1) is 32.2. The van der Waals surface area contributed by atoms with Gasteiger partial charge in [-0.05, 0) is 63.9 Å². The summed E-state index contributed by atoms with van der Waals surface area (Å²) >= 11 is 1.27. The molecule has 3 heterocycles. The van der Waals surface area contributed by atoms with Gasteiger partial charge in [-0.15, -0.1) is 11.3 Å². The van der Waals surface area contributed by atoms with Gasteiger partial charge >= 0.3 is 6.09 Å². The maximum atomic E-state index is 16.1. The van der Waals surface area contributed by atoms with Crippen LogP contribution >= 0.6 is 11.3 Å². The highest BCUT2D eigenvalue weighted by atomic mass is 32.2. The van der Waals surface area contributed by atoms with E-state index in [-0.39, 0.29) is 17.2 Å². The van der Waals surface area contributed by atoms with Crippen molar-refractivity contribution in [3.05, 3.63) is 71.1 Å². The summed E-state index contributed by atoms with van der Waals surface area (Å²) in [5.41, 5.74) is 4.64. The van der Waals surface area contributed by atoms with Crippen LogP contribution in [0, 0.1) is 17.5 Å². The maximum absolute atomic E-state index is 16.1. The molecule has 0 saturated carbocycles. The first-order chi connectivity index (χ1) is 21.1. The van der Waals surface area contributed by atoms with E-state index in [1.807, 2.05) is 11.6 Å². The second-order valence-electron chi connectivity index (χ2n) is 11.8. The molecule has 2 aromatic carbocycles. The highest BCUT2D eigenvalue weighted by molar-refractivity contribution is 7.92. The summed E-state index contributed by atoms with van der Waals surface area (Å²) in [6.45, 7) is 8.23. The van der Waals surface area contributed by atoms with Crippen molar-refractivity contribution in [3.8, 4) is 21.8 Å². The van der Waals surface area contributed by atoms with Gasteiger partial charge in [0.15, 0.2) is 10.7 Å². The number of ether oxygens (including phenoxy) is 1. The third-order valence-electron chi connectivity index (χ3n) is 7.25. The van der Waals surface area contributed by atoms with Gasteiger partial charge in [-0.2, -0.15) is 0 Å². The summed E-state index contributed by atoms with van der Waals surface area (Å²) in [6, 6.07) is 8.14. The number of carbonyl (C=O) groups excluding carboxylic acids is 1. The van der Waals surface area contributed by atoms with Crippen molar-refractivity contribution in [3.63, 3.8) is 0 Å². The molecule has 15 heteroatoms. The molecule has 2 aromatic heterocycles. The molecular weight excluding hydrogens is 629 g/mol. The third kappa shape index (κ3) is 6.73. The van der Waals surface area contributed by atoms with Gasteiger partial charge in [-0.3, -0.25) is 4.72 Å². The van der Waals surface area contributed by atoms with Crippen LogP contribution in [0.15, 0.2) is 53.6 Å². The Hall–Kier alpha value is -4.24. The van der Waals surface area contributed by atoms with Gasteiger partial charge in [0.2, 0.25) is 5.95 Å². The number of aromatic nitrogens is 3. The lowest BCUT2D eigenvalue weighted by Crippen LogP contribution is -2.45. The van der Waals surface area contributed by atoms with E-state index < -0.39 is 55.2 Å². The molecule has 238 valence electrons. The van der Waals surface area contributed by atoms with Crippen molar-refractivity contribution in [2.45, 2.75) is 56.4 Å². The first-order valence-electron chi connectivity index (χ1n) is 13.9. The summed E-state index contributed by atoms with van der Waals surface area (Å²) in [5, 5.41) is 0.646. The van der Waals surface area contributed by atoms with Gasteiger partial charge in [0.1, 0.15) is 17.2 Å². The standard InChI is InChI=1S/C30H31F3N6O4S2/c1-29(2,3)43-28(40)39-15-12-30(4,13-16-39)26-37-23(24(44-26)21-11-14-35-27(34)36-21)17-7-5-10-20(22(17)33)38-45(41,42)25-18(31)8-6-9-19(25)32/h5-11,14,38H,12-13,15-16H2,1-4H3,(H2,34,35,36). The normalized spacial score (nSPS) is 15.1. The zero-order valence-corrected chi connectivity index (χ0v) is 26.5. The van der Waals surface area contributed by atoms with E-state index in [1.54, 1.807) is 31.7 Å². The maximum Gasteiger partial charge on any atom is 0.410 e. The topological polar surface area (TPSA) is 140 Å². The number of likely N-dealkylation sites (tertiary alicyclic amines) is 1. The number of nitrogens with zero attached hydrogens (tertiary/aromatic N) is 4. The Morgan fingerprint density at radius 2 is 1.69 bits per heavy atom. The zero-order chi connectivity index (χ0) is 32.7. The molecule has 3 N–H and O–H groups in total. The number of nitrogens with two attached hydrogens (primary N) is 1. The Bertz CT molecular complexity index is 1850. The van der Waals surface area contributed by atoms with E-state index in [4.69, 9.17) is 15.5 Å². The molecule has 1 saturated heterocycles. The van der Waals surface area contributed by atoms with E-state index >= 15 is 4.39 Å². The smallest absolute Gasteiger partial charge is 0.410 e. The summed E-state index contributed by atoms with van der Waals surface area (Å²) < 4.78 is 78.1. The lowest BCUT2D eigenvalue weighted by molar-refractivity contribution is 0.0171. The number of halogens is 3. The van der Waals surface area contributed by atoms with Gasteiger partial charge in [0.05, 0.1) is 27.0 Å². The number of thiazole rings is 1. The zero-order valence-electron chi connectivity index (χ0n) is 24.9. The average molecular weight is 661 g/mol. The minimum atomic E-state index is -4.85. The largest absolute Gasteiger partial charge is 0.444 e. The Balaban J connectivity index is 1.53. The molecule has 45 heavy (non-hydrogen) atoms. The van der Waals surface area contributed by atoms with Gasteiger partial charge in [0, 0.05) is 30.3 Å². The van der Waals surface area contributed by atoms with Crippen LogP contribution in [0.5, 0.6) is 0 Å². The molecule has 1 fully saturated rings. The van der Waals surface area contributed by atoms with E-state index in [1.165, 1.54) is 29.7 Å². The molecule has 5 rings (SSSR count). The number of carbonyl (C=O) groups is 1. The fraction of sp³-hybridized carbons (Fsp3) is 0.333. The van der Waals surface area contributed by atoms with Crippen LogP contribution in [0.2, 0.25) is 0 Å². The lowest BCUT2D eigenvalue weighted by Gasteiger charge is -2.38. The molecule has 0 aliphatic carbocycles. The molecule has 0 radical (unpaired) electrons. The minimum absolute atomic E-state index is 0.0147. The van der Waals surface area contributed by atoms with Gasteiger partial charge in [0.25, 0.3) is 10.0 Å². The summed E-state index contributed by atoms with van der Waals surface area (Å²) in [6.07, 6.45) is 2.13. The fourth-order valence-electron chi connectivity index (χ4n) is 4.89. The molecule has 10 nitrogen and oxygen atoms in total. The highest BCUT2D eigenvalue weighted by Gasteiger charge is 2.38. The van der Waals surface area contributed by atoms with Crippen molar-refractivity contribution < 1.29 is 31.1 Å². The molecule has 0 atom stereocenters. The fourth-order valence-corrected chi connectivity index (χ4v) is 7.34. The monoisotopic (exact) mass is 660 g/mol. The Kier molecular flexibility index (Phi) is 8.53. The number of amides is 1. The number of piperidine rings is 1. The van der Waals surface area contributed by atoms with Gasteiger partial charge < -0.3 is 15.4 Å². The molecule has 1 aliphatic rings. The van der Waals surface area contributed by atoms with E-state index in [0.717, 1.165) is 24.3 Å². The van der Waals surface area contributed by atoms with Gasteiger partial charge in [-0.1, -0.05) is 19.1 Å². The third-order valence-corrected chi connectivity index (χ3v) is 10.1. The predicted octanol–water partition coefficient (Wildman–Crippen LogP) is 6.36. The number of hydrogen-bond donors (Lipinski definition) is 2. The molecular formula is C30H31F3N6O4S2. The van der Waals surface area contributed by atoms with Crippen molar-refractivity contribution in [2.24, 2.45) is 0 Å². The molecule has 1 amide bonds. The number of nitrogens with one attached hydrogen (secondary N) is 1. The average Bonchev–Trinajstić information content (AvgIpc) is 3.40. The highest BCUT2D eigenvalue weighted by Crippen LogP contribution is 2.45. The summed E-state index contributed by atoms with van der Waals surface area (Å²) in [7, 11) is -4.85. The number of anilines is 2. The Labute approximate surface area is 262 Å². The van der Waals surface area contributed by atoms with Crippen LogP contribution in [0.4, 0.5) is 29.6 Å². The van der Waals surface area contributed by atoms with Crippen LogP contribution in [0.25, 0.3) is 21.8 Å². The Morgan fingerprint density at radius 1 is 1.04 bits per heavy atom. The predicted molar refractivity (Wildman–Crippen MR) is 165 cm³/mol. The van der Waals surface area contributed by atoms with Crippen LogP contribution in [0.3, 0.4) is 0 Å². The summed E-state index contributed by atoms with van der Waals surface area (Å²) in [5.74, 6) is -3.67. The number of sulfonamides is 1. The minimum Gasteiger partial charge on any atom is -0.444 e. The number of nitrogen functional groups attached to an aromatic ring is 1. The van der Waals surface area contributed by atoms with Crippen molar-refractivity contribution in [2.75, 3.05) is 23.5 Å². The van der Waals surface area contributed by atoms with Crippen LogP contribution < -0.4 is 10.5 Å². The van der Waals surface area contributed by atoms with E-state index in [2.05, 4.69) is 9.97 Å². The molecule has 1 aliphatic heterocycles. The van der Waals surface area contributed by atoms with Crippen LogP contribution in [0.1, 0.15) is 45.5 Å². The molecule has 0 bridgehead atoms. The van der Waals surface area contributed by atoms with Crippen LogP contribution in [-0.2, 0) is 20.2 Å². The Morgan fingerprint density at radius 3 is 2.31 bits per heavy atom. The van der Waals surface area contributed by atoms with Gasteiger partial charge in [-0.25, -0.2) is 41.3 Å². The van der Waals surface area contributed by atoms with E-state index in [0.29, 0.717) is 41.5 Å². The quantitative estimate of drug-likeness (QED) is 0.244. The molecule has 4 aromatic rings. The number of benzene rings is 2. The number of hydrogen-bond acceptors (Lipinski definition) is 9. The SMILES string of the molecule is CC(C)(C)OC(=O)N1CCC(C)(c2nc(-c3cccc(NS(=O)(=O)c4c(F)cccc4F)c3F)c(-c3ccnc(N)n3)s2)CC1. The second-order valence-corrected chi connectivity index (χ2v) is 14.5. The van der Waals surface area contributed by atoms with Crippen molar-refractivity contribution in [1.29, 1.82) is 0 Å². The molecule has 0 spiro atoms. The first-order valence-corrected chi connectivity index (χ1v) is 16.2. The summed E-state index contributed by atoms with van der Waals surface area (Å²) in [4.78, 5) is 26.6. The van der Waals surface area contributed by atoms with Crippen LogP contribution in [-0.4, -0.2) is 53.1 Å². The molecule has 0 unspecified atom stereocenters. The van der Waals surface area contributed by atoms with Crippen molar-refractivity contribution in [1.82, 2.24) is 19.9 Å². The number of rotatable bonds is 6. The van der Waals surface area contributed by atoms with Crippen molar-refractivity contribution >= 4 is 39.1 Å². The lowest BCUT2D eigenvalue weighted by atomic mass is 9.81. The van der Waals surface area contributed by atoms with E-state index in [9.17, 15) is 22.0 Å². The second kappa shape index (κ2) is 11.9.